The summed E-state index contributed by atoms with van der Waals surface area (Å²) in [6.07, 6.45) is -0.324. The zero-order chi connectivity index (χ0) is 15.1. The average Bonchev–Trinajstić information content (AvgIpc) is 2.58. The highest BCUT2D eigenvalue weighted by Gasteiger charge is 2.36. The van der Waals surface area contributed by atoms with Gasteiger partial charge in [0.15, 0.2) is 0 Å². The number of carbonyl (C=O) groups is 3. The number of carbonyl (C=O) groups excluding carboxylic acids is 2. The van der Waals surface area contributed by atoms with Gasteiger partial charge in [0.2, 0.25) is 10.0 Å². The van der Waals surface area contributed by atoms with E-state index in [0.717, 1.165) is 17.0 Å². The van der Waals surface area contributed by atoms with Gasteiger partial charge in [0.05, 0.1) is 22.6 Å². The van der Waals surface area contributed by atoms with Crippen LogP contribution in [0.25, 0.3) is 0 Å². The first-order valence-corrected chi connectivity index (χ1v) is 7.01. The van der Waals surface area contributed by atoms with Crippen molar-refractivity contribution in [2.45, 2.75) is 11.3 Å². The van der Waals surface area contributed by atoms with E-state index >= 15 is 0 Å². The van der Waals surface area contributed by atoms with Gasteiger partial charge in [-0.3, -0.25) is 14.4 Å². The number of anilines is 1. The Morgan fingerprint density at radius 3 is 2.50 bits per heavy atom. The number of rotatable bonds is 4. The first-order valence-electron chi connectivity index (χ1n) is 5.46. The molecule has 106 valence electrons. The Balaban J connectivity index is 2.44. The van der Waals surface area contributed by atoms with Crippen molar-refractivity contribution in [1.29, 1.82) is 0 Å². The molecule has 0 saturated heterocycles. The van der Waals surface area contributed by atoms with Crippen LogP contribution in [0.4, 0.5) is 5.69 Å². The van der Waals surface area contributed by atoms with E-state index in [2.05, 4.69) is 0 Å². The summed E-state index contributed by atoms with van der Waals surface area (Å²) in [5.41, 5.74) is 0.0977. The Labute approximate surface area is 113 Å². The zero-order valence-corrected chi connectivity index (χ0v) is 10.9. The number of fused-ring (bicyclic) bond motifs is 1. The minimum absolute atomic E-state index is 0.0908. The third-order valence-corrected chi connectivity index (χ3v) is 3.73. The number of benzene rings is 1. The molecule has 0 aromatic heterocycles. The van der Waals surface area contributed by atoms with Crippen LogP contribution < -0.4 is 10.0 Å². The van der Waals surface area contributed by atoms with E-state index in [0.29, 0.717) is 0 Å². The number of nitrogens with two attached hydrogens (primary N) is 1. The summed E-state index contributed by atoms with van der Waals surface area (Å²) in [6, 6.07) is 3.44. The maximum absolute atomic E-state index is 11.8. The van der Waals surface area contributed by atoms with Gasteiger partial charge in [-0.2, -0.15) is 0 Å². The monoisotopic (exact) mass is 298 g/mol. The van der Waals surface area contributed by atoms with Crippen LogP contribution in [0, 0.1) is 0 Å². The van der Waals surface area contributed by atoms with E-state index in [-0.39, 0.29) is 29.1 Å². The molecule has 1 aliphatic heterocycles. The van der Waals surface area contributed by atoms with Gasteiger partial charge in [-0.05, 0) is 18.2 Å². The number of carboxylic acids is 1. The lowest BCUT2D eigenvalue weighted by Crippen LogP contribution is -2.31. The summed E-state index contributed by atoms with van der Waals surface area (Å²) < 4.78 is 22.4. The van der Waals surface area contributed by atoms with Crippen LogP contribution in [0.1, 0.15) is 16.8 Å². The first kappa shape index (κ1) is 14.2. The molecule has 0 spiro atoms. The molecule has 0 radical (unpaired) electrons. The smallest absolute Gasteiger partial charge is 0.305 e. The molecule has 1 heterocycles. The second-order valence-electron chi connectivity index (χ2n) is 4.15. The number of Topliss-reactive ketones (excluding diaryl/α,β-unsaturated/α-hetero) is 1. The first-order chi connectivity index (χ1) is 9.21. The molecule has 1 amide bonds. The third kappa shape index (κ3) is 2.40. The molecule has 9 heteroatoms. The molecule has 3 N–H and O–H groups in total. The average molecular weight is 298 g/mol. The summed E-state index contributed by atoms with van der Waals surface area (Å²) in [5.74, 6) is -2.87. The Hall–Kier alpha value is -2.26. The Morgan fingerprint density at radius 1 is 1.30 bits per heavy atom. The van der Waals surface area contributed by atoms with Crippen LogP contribution in [-0.4, -0.2) is 37.7 Å². The van der Waals surface area contributed by atoms with Gasteiger partial charge < -0.3 is 10.0 Å². The molecule has 0 aliphatic carbocycles. The lowest BCUT2D eigenvalue weighted by Gasteiger charge is -2.15. The molecule has 1 aliphatic rings. The molecule has 0 fully saturated rings. The molecule has 2 rings (SSSR count). The molecule has 0 bridgehead atoms. The number of primary sulfonamides is 1. The Kier molecular flexibility index (Phi) is 3.32. The van der Waals surface area contributed by atoms with Crippen LogP contribution in [0.5, 0.6) is 0 Å². The number of hydrogen-bond donors (Lipinski definition) is 2. The SMILES string of the molecule is NS(=O)(=O)c1ccc2c(c1)C(=O)C(=O)N2CCC(=O)O. The maximum Gasteiger partial charge on any atom is 0.305 e. The fraction of sp³-hybridized carbons (Fsp3) is 0.182. The normalized spacial score (nSPS) is 14.6. The second kappa shape index (κ2) is 4.69. The molecule has 1 aromatic rings. The maximum atomic E-state index is 11.8. The highest BCUT2D eigenvalue weighted by atomic mass is 32.2. The van der Waals surface area contributed by atoms with E-state index in [1.165, 1.54) is 6.07 Å². The lowest BCUT2D eigenvalue weighted by atomic mass is 10.1. The molecule has 8 nitrogen and oxygen atoms in total. The van der Waals surface area contributed by atoms with Crippen LogP contribution in [-0.2, 0) is 19.6 Å². The van der Waals surface area contributed by atoms with Crippen LogP contribution in [0.3, 0.4) is 0 Å². The van der Waals surface area contributed by atoms with Crippen molar-refractivity contribution < 1.29 is 27.9 Å². The molecule has 20 heavy (non-hydrogen) atoms. The van der Waals surface area contributed by atoms with Crippen molar-refractivity contribution in [2.75, 3.05) is 11.4 Å². The largest absolute Gasteiger partial charge is 0.481 e. The highest BCUT2D eigenvalue weighted by molar-refractivity contribution is 7.89. The number of hydrogen-bond acceptors (Lipinski definition) is 5. The lowest BCUT2D eigenvalue weighted by molar-refractivity contribution is -0.136. The minimum Gasteiger partial charge on any atom is -0.481 e. The summed E-state index contributed by atoms with van der Waals surface area (Å²) in [4.78, 5) is 34.8. The van der Waals surface area contributed by atoms with E-state index in [9.17, 15) is 22.8 Å². The van der Waals surface area contributed by atoms with Gasteiger partial charge in [0.1, 0.15) is 0 Å². The third-order valence-electron chi connectivity index (χ3n) is 2.82. The second-order valence-corrected chi connectivity index (χ2v) is 5.72. The number of ketones is 1. The molecular weight excluding hydrogens is 288 g/mol. The fourth-order valence-electron chi connectivity index (χ4n) is 1.89. The van der Waals surface area contributed by atoms with E-state index < -0.39 is 27.7 Å². The van der Waals surface area contributed by atoms with E-state index in [1.54, 1.807) is 0 Å². The number of carboxylic acid groups (broad SMARTS) is 1. The van der Waals surface area contributed by atoms with Crippen molar-refractivity contribution in [2.24, 2.45) is 5.14 Å². The minimum atomic E-state index is -3.98. The van der Waals surface area contributed by atoms with Gasteiger partial charge >= 0.3 is 5.97 Å². The molecule has 0 saturated carbocycles. The summed E-state index contributed by atoms with van der Waals surface area (Å²) in [7, 11) is -3.98. The Morgan fingerprint density at radius 2 is 1.95 bits per heavy atom. The molecule has 0 unspecified atom stereocenters. The van der Waals surface area contributed by atoms with Crippen LogP contribution >= 0.6 is 0 Å². The number of aliphatic carboxylic acids is 1. The number of nitrogens with zero attached hydrogens (tertiary/aromatic N) is 1. The van der Waals surface area contributed by atoms with Gasteiger partial charge in [0.25, 0.3) is 11.7 Å². The van der Waals surface area contributed by atoms with Gasteiger partial charge in [0, 0.05) is 6.54 Å². The quantitative estimate of drug-likeness (QED) is 0.708. The predicted octanol–water partition coefficient (Wildman–Crippen LogP) is -0.662. The van der Waals surface area contributed by atoms with E-state index in [1.807, 2.05) is 0 Å². The van der Waals surface area contributed by atoms with Crippen molar-refractivity contribution in [3.8, 4) is 0 Å². The van der Waals surface area contributed by atoms with Gasteiger partial charge in [-0.15, -0.1) is 0 Å². The molecule has 1 aromatic carbocycles. The van der Waals surface area contributed by atoms with Crippen LogP contribution in [0.15, 0.2) is 23.1 Å². The number of amides is 1. The topological polar surface area (TPSA) is 135 Å². The Bertz CT molecular complexity index is 724. The molecular formula is C11H10N2O6S. The highest BCUT2D eigenvalue weighted by Crippen LogP contribution is 2.30. The van der Waals surface area contributed by atoms with Gasteiger partial charge in [-0.1, -0.05) is 0 Å². The fourth-order valence-corrected chi connectivity index (χ4v) is 2.43. The van der Waals surface area contributed by atoms with Crippen LogP contribution in [0.2, 0.25) is 0 Å². The van der Waals surface area contributed by atoms with Crippen molar-refractivity contribution in [3.05, 3.63) is 23.8 Å². The van der Waals surface area contributed by atoms with Crippen molar-refractivity contribution in [3.63, 3.8) is 0 Å². The standard InChI is InChI=1S/C11H10N2O6S/c12-20(18,19)6-1-2-8-7(5-6)10(16)11(17)13(8)4-3-9(14)15/h1-2,5H,3-4H2,(H,14,15)(H2,12,18,19). The van der Waals surface area contributed by atoms with E-state index in [4.69, 9.17) is 10.2 Å². The predicted molar refractivity (Wildman–Crippen MR) is 66.8 cm³/mol. The summed E-state index contributed by atoms with van der Waals surface area (Å²) in [5, 5.41) is 13.6. The number of sulfonamides is 1. The van der Waals surface area contributed by atoms with Crippen molar-refractivity contribution >= 4 is 33.4 Å². The summed E-state index contributed by atoms with van der Waals surface area (Å²) >= 11 is 0. The van der Waals surface area contributed by atoms with Crippen molar-refractivity contribution in [1.82, 2.24) is 0 Å². The summed E-state index contributed by atoms with van der Waals surface area (Å²) in [6.45, 7) is -0.165. The zero-order valence-electron chi connectivity index (χ0n) is 10.1. The van der Waals surface area contributed by atoms with Gasteiger partial charge in [-0.25, -0.2) is 13.6 Å². The molecule has 0 atom stereocenters.